The van der Waals surface area contributed by atoms with Crippen LogP contribution in [0.2, 0.25) is 0 Å². The molecule has 8 heteroatoms. The average molecular weight is 326 g/mol. The van der Waals surface area contributed by atoms with Crippen LogP contribution in [0.25, 0.3) is 0 Å². The number of thiophene rings is 1. The Hall–Kier alpha value is -0.180. The lowest BCUT2D eigenvalue weighted by molar-refractivity contribution is 0.212. The van der Waals surface area contributed by atoms with Gasteiger partial charge in [-0.05, 0) is 37.4 Å². The van der Waals surface area contributed by atoms with Crippen LogP contribution in [0, 0.1) is 0 Å². The summed E-state index contributed by atoms with van der Waals surface area (Å²) in [6, 6.07) is 3.44. The van der Waals surface area contributed by atoms with Gasteiger partial charge in [0, 0.05) is 19.1 Å². The lowest BCUT2D eigenvalue weighted by Crippen LogP contribution is -2.45. The SMILES string of the molecule is Cl.NCCN1CCC(NS(=O)(=O)c2cccs2)CC1. The van der Waals surface area contributed by atoms with E-state index < -0.39 is 10.0 Å². The fraction of sp³-hybridized carbons (Fsp3) is 0.636. The second-order valence-corrected chi connectivity index (χ2v) is 7.35. The van der Waals surface area contributed by atoms with E-state index in [4.69, 9.17) is 5.73 Å². The van der Waals surface area contributed by atoms with E-state index in [9.17, 15) is 8.42 Å². The van der Waals surface area contributed by atoms with Crippen molar-refractivity contribution in [3.63, 3.8) is 0 Å². The summed E-state index contributed by atoms with van der Waals surface area (Å²) in [6.45, 7) is 3.37. The topological polar surface area (TPSA) is 75.4 Å². The molecule has 0 unspecified atom stereocenters. The maximum absolute atomic E-state index is 12.0. The molecule has 110 valence electrons. The standard InChI is InChI=1S/C11H19N3O2S2.ClH/c12-5-8-14-6-3-10(4-7-14)13-18(15,16)11-2-1-9-17-11;/h1-2,9-10,13H,3-8,12H2;1H. The van der Waals surface area contributed by atoms with E-state index in [1.165, 1.54) is 11.3 Å². The van der Waals surface area contributed by atoms with E-state index in [1.807, 2.05) is 0 Å². The van der Waals surface area contributed by atoms with Gasteiger partial charge < -0.3 is 10.6 Å². The molecule has 0 aromatic carbocycles. The fourth-order valence-electron chi connectivity index (χ4n) is 2.15. The quantitative estimate of drug-likeness (QED) is 0.842. The van der Waals surface area contributed by atoms with Crippen LogP contribution in [-0.2, 0) is 10.0 Å². The number of nitrogens with two attached hydrogens (primary N) is 1. The van der Waals surface area contributed by atoms with Crippen LogP contribution in [-0.4, -0.2) is 45.5 Å². The van der Waals surface area contributed by atoms with E-state index in [0.717, 1.165) is 32.5 Å². The van der Waals surface area contributed by atoms with Gasteiger partial charge in [-0.25, -0.2) is 13.1 Å². The highest BCUT2D eigenvalue weighted by Gasteiger charge is 2.24. The van der Waals surface area contributed by atoms with Crippen molar-refractivity contribution < 1.29 is 8.42 Å². The molecule has 0 aliphatic carbocycles. The van der Waals surface area contributed by atoms with Crippen LogP contribution in [0.5, 0.6) is 0 Å². The molecule has 1 aliphatic rings. The van der Waals surface area contributed by atoms with Crippen LogP contribution in [0.4, 0.5) is 0 Å². The maximum atomic E-state index is 12.0. The Balaban J connectivity index is 0.00000180. The van der Waals surface area contributed by atoms with Crippen LogP contribution in [0.15, 0.2) is 21.7 Å². The zero-order valence-corrected chi connectivity index (χ0v) is 13.1. The van der Waals surface area contributed by atoms with Crippen molar-refractivity contribution >= 4 is 33.8 Å². The first kappa shape index (κ1) is 16.9. The van der Waals surface area contributed by atoms with E-state index in [1.54, 1.807) is 17.5 Å². The molecule has 3 N–H and O–H groups in total. The molecule has 1 aromatic heterocycles. The Labute approximate surface area is 124 Å². The van der Waals surface area contributed by atoms with E-state index in [0.29, 0.717) is 10.8 Å². The second-order valence-electron chi connectivity index (χ2n) is 4.46. The van der Waals surface area contributed by atoms with Crippen molar-refractivity contribution in [1.29, 1.82) is 0 Å². The molecule has 1 saturated heterocycles. The summed E-state index contributed by atoms with van der Waals surface area (Å²) in [5.74, 6) is 0. The summed E-state index contributed by atoms with van der Waals surface area (Å²) in [4.78, 5) is 2.27. The number of hydrogen-bond acceptors (Lipinski definition) is 5. The molecule has 5 nitrogen and oxygen atoms in total. The van der Waals surface area contributed by atoms with Crippen molar-refractivity contribution in [2.75, 3.05) is 26.2 Å². The first-order chi connectivity index (χ1) is 8.62. The monoisotopic (exact) mass is 325 g/mol. The van der Waals surface area contributed by atoms with Crippen LogP contribution >= 0.6 is 23.7 Å². The van der Waals surface area contributed by atoms with Crippen LogP contribution in [0.3, 0.4) is 0 Å². The Morgan fingerprint density at radius 3 is 2.63 bits per heavy atom. The average Bonchev–Trinajstić information content (AvgIpc) is 2.86. The third kappa shape index (κ3) is 4.70. The van der Waals surface area contributed by atoms with Crippen molar-refractivity contribution in [2.45, 2.75) is 23.1 Å². The Morgan fingerprint density at radius 1 is 1.42 bits per heavy atom. The summed E-state index contributed by atoms with van der Waals surface area (Å²) in [6.07, 6.45) is 1.70. The number of halogens is 1. The fourth-order valence-corrected chi connectivity index (χ4v) is 4.47. The molecular weight excluding hydrogens is 306 g/mol. The Bertz CT molecular complexity index is 456. The normalized spacial score (nSPS) is 18.2. The molecule has 1 fully saturated rings. The van der Waals surface area contributed by atoms with Gasteiger partial charge >= 0.3 is 0 Å². The number of rotatable bonds is 5. The predicted octanol–water partition coefficient (Wildman–Crippen LogP) is 0.871. The molecule has 2 heterocycles. The van der Waals surface area contributed by atoms with Gasteiger partial charge in [0.25, 0.3) is 0 Å². The van der Waals surface area contributed by atoms with Gasteiger partial charge in [-0.2, -0.15) is 0 Å². The maximum Gasteiger partial charge on any atom is 0.250 e. The van der Waals surface area contributed by atoms with Gasteiger partial charge in [0.15, 0.2) is 0 Å². The first-order valence-corrected chi connectivity index (χ1v) is 8.46. The van der Waals surface area contributed by atoms with Gasteiger partial charge in [0.1, 0.15) is 4.21 Å². The predicted molar refractivity (Wildman–Crippen MR) is 80.4 cm³/mol. The van der Waals surface area contributed by atoms with E-state index >= 15 is 0 Å². The molecule has 2 rings (SSSR count). The smallest absolute Gasteiger partial charge is 0.250 e. The molecular formula is C11H20ClN3O2S2. The minimum absolute atomic E-state index is 0. The van der Waals surface area contributed by atoms with Crippen molar-refractivity contribution in [1.82, 2.24) is 9.62 Å². The number of nitrogens with one attached hydrogen (secondary N) is 1. The zero-order chi connectivity index (χ0) is 13.0. The Kier molecular flexibility index (Phi) is 6.72. The highest BCUT2D eigenvalue weighted by molar-refractivity contribution is 7.91. The zero-order valence-electron chi connectivity index (χ0n) is 10.6. The second kappa shape index (κ2) is 7.56. The van der Waals surface area contributed by atoms with Crippen LogP contribution in [0.1, 0.15) is 12.8 Å². The summed E-state index contributed by atoms with van der Waals surface area (Å²) < 4.78 is 27.2. The largest absolute Gasteiger partial charge is 0.329 e. The lowest BCUT2D eigenvalue weighted by atomic mass is 10.1. The molecule has 0 amide bonds. The molecule has 0 bridgehead atoms. The highest BCUT2D eigenvalue weighted by atomic mass is 35.5. The molecule has 0 saturated carbocycles. The molecule has 0 atom stereocenters. The van der Waals surface area contributed by atoms with Crippen LogP contribution < -0.4 is 10.5 Å². The molecule has 0 radical (unpaired) electrons. The van der Waals surface area contributed by atoms with Crippen molar-refractivity contribution in [3.05, 3.63) is 17.5 Å². The molecule has 1 aromatic rings. The third-order valence-electron chi connectivity index (χ3n) is 3.11. The van der Waals surface area contributed by atoms with Crippen molar-refractivity contribution in [2.24, 2.45) is 5.73 Å². The number of likely N-dealkylation sites (tertiary alicyclic amines) is 1. The third-order valence-corrected chi connectivity index (χ3v) is 6.03. The van der Waals surface area contributed by atoms with Gasteiger partial charge in [-0.15, -0.1) is 23.7 Å². The number of nitrogens with zero attached hydrogens (tertiary/aromatic N) is 1. The molecule has 19 heavy (non-hydrogen) atoms. The molecule has 0 spiro atoms. The van der Waals surface area contributed by atoms with Gasteiger partial charge in [0.05, 0.1) is 0 Å². The summed E-state index contributed by atoms with van der Waals surface area (Å²) >= 11 is 1.25. The summed E-state index contributed by atoms with van der Waals surface area (Å²) in [5, 5.41) is 1.78. The summed E-state index contributed by atoms with van der Waals surface area (Å²) in [5.41, 5.74) is 5.51. The van der Waals surface area contributed by atoms with Gasteiger partial charge in [0.2, 0.25) is 10.0 Å². The first-order valence-electron chi connectivity index (χ1n) is 6.10. The minimum Gasteiger partial charge on any atom is -0.329 e. The minimum atomic E-state index is -3.32. The highest BCUT2D eigenvalue weighted by Crippen LogP contribution is 2.18. The number of hydrogen-bond donors (Lipinski definition) is 2. The Morgan fingerprint density at radius 2 is 2.11 bits per heavy atom. The van der Waals surface area contributed by atoms with Crippen molar-refractivity contribution in [3.8, 4) is 0 Å². The van der Waals surface area contributed by atoms with Gasteiger partial charge in [-0.1, -0.05) is 6.07 Å². The molecule has 1 aliphatic heterocycles. The summed E-state index contributed by atoms with van der Waals surface area (Å²) in [7, 11) is -3.32. The van der Waals surface area contributed by atoms with Gasteiger partial charge in [-0.3, -0.25) is 0 Å². The van der Waals surface area contributed by atoms with E-state index in [2.05, 4.69) is 9.62 Å². The number of sulfonamides is 1. The number of piperidine rings is 1. The lowest BCUT2D eigenvalue weighted by Gasteiger charge is -2.31. The van der Waals surface area contributed by atoms with E-state index in [-0.39, 0.29) is 18.4 Å².